The van der Waals surface area contributed by atoms with Crippen molar-refractivity contribution in [1.82, 2.24) is 9.80 Å². The smallest absolute Gasteiger partial charge is 0.0471 e. The third-order valence-electron chi connectivity index (χ3n) is 3.44. The van der Waals surface area contributed by atoms with Crippen LogP contribution in [-0.2, 0) is 0 Å². The first-order valence-electron chi connectivity index (χ1n) is 7.23. The summed E-state index contributed by atoms with van der Waals surface area (Å²) in [4.78, 5) is 4.74. The van der Waals surface area contributed by atoms with Gasteiger partial charge in [0.2, 0.25) is 0 Å². The van der Waals surface area contributed by atoms with Gasteiger partial charge in [0.1, 0.15) is 0 Å². The molecule has 0 aliphatic carbocycles. The topological polar surface area (TPSA) is 32.5 Å². The van der Waals surface area contributed by atoms with Crippen LogP contribution in [0, 0.1) is 6.92 Å². The Bertz CT molecular complexity index is 363. The Morgan fingerprint density at radius 1 is 1.16 bits per heavy atom. The lowest BCUT2D eigenvalue weighted by Gasteiger charge is -2.32. The van der Waals surface area contributed by atoms with E-state index in [9.17, 15) is 0 Å². The Kier molecular flexibility index (Phi) is 7.06. The first-order chi connectivity index (χ1) is 9.08. The van der Waals surface area contributed by atoms with Gasteiger partial charge in [0.15, 0.2) is 0 Å². The summed E-state index contributed by atoms with van der Waals surface area (Å²) in [6, 6.07) is 9.06. The SMILES string of the molecule is CCCN(CCN(C)C)C(CN)c1cccc(C)c1. The van der Waals surface area contributed by atoms with Gasteiger partial charge >= 0.3 is 0 Å². The molecule has 0 aromatic heterocycles. The Morgan fingerprint density at radius 2 is 1.89 bits per heavy atom. The second-order valence-electron chi connectivity index (χ2n) is 5.50. The maximum absolute atomic E-state index is 6.04. The Balaban J connectivity index is 2.83. The van der Waals surface area contributed by atoms with E-state index >= 15 is 0 Å². The van der Waals surface area contributed by atoms with Gasteiger partial charge in [-0.25, -0.2) is 0 Å². The molecule has 0 aliphatic heterocycles. The predicted molar refractivity (Wildman–Crippen MR) is 83.4 cm³/mol. The number of hydrogen-bond acceptors (Lipinski definition) is 3. The summed E-state index contributed by atoms with van der Waals surface area (Å²) >= 11 is 0. The molecule has 0 spiro atoms. The largest absolute Gasteiger partial charge is 0.329 e. The van der Waals surface area contributed by atoms with Crippen LogP contribution in [0.15, 0.2) is 24.3 Å². The molecule has 0 aliphatic rings. The third-order valence-corrected chi connectivity index (χ3v) is 3.44. The Labute approximate surface area is 118 Å². The summed E-state index contributed by atoms with van der Waals surface area (Å²) < 4.78 is 0. The van der Waals surface area contributed by atoms with Gasteiger partial charge in [0.05, 0.1) is 0 Å². The number of benzene rings is 1. The minimum absolute atomic E-state index is 0.333. The molecule has 0 fully saturated rings. The first kappa shape index (κ1) is 16.2. The van der Waals surface area contributed by atoms with Gasteiger partial charge in [-0.1, -0.05) is 36.8 Å². The minimum Gasteiger partial charge on any atom is -0.329 e. The molecular formula is C16H29N3. The summed E-state index contributed by atoms with van der Waals surface area (Å²) in [5.74, 6) is 0. The maximum atomic E-state index is 6.04. The minimum atomic E-state index is 0.333. The number of likely N-dealkylation sites (N-methyl/N-ethyl adjacent to an activating group) is 1. The quantitative estimate of drug-likeness (QED) is 0.781. The van der Waals surface area contributed by atoms with E-state index in [1.165, 1.54) is 11.1 Å². The molecule has 3 nitrogen and oxygen atoms in total. The fraction of sp³-hybridized carbons (Fsp3) is 0.625. The highest BCUT2D eigenvalue weighted by Crippen LogP contribution is 2.20. The highest BCUT2D eigenvalue weighted by Gasteiger charge is 2.18. The van der Waals surface area contributed by atoms with Crippen molar-refractivity contribution in [3.05, 3.63) is 35.4 Å². The van der Waals surface area contributed by atoms with Gasteiger partial charge in [-0.05, 0) is 39.5 Å². The zero-order chi connectivity index (χ0) is 14.3. The van der Waals surface area contributed by atoms with Crippen molar-refractivity contribution < 1.29 is 0 Å². The number of hydrogen-bond donors (Lipinski definition) is 1. The van der Waals surface area contributed by atoms with Crippen LogP contribution in [0.5, 0.6) is 0 Å². The number of rotatable bonds is 8. The van der Waals surface area contributed by atoms with Crippen molar-refractivity contribution in [2.24, 2.45) is 5.73 Å². The molecule has 0 bridgehead atoms. The van der Waals surface area contributed by atoms with Crippen molar-refractivity contribution in [3.63, 3.8) is 0 Å². The van der Waals surface area contributed by atoms with Crippen LogP contribution in [0.25, 0.3) is 0 Å². The first-order valence-corrected chi connectivity index (χ1v) is 7.23. The average molecular weight is 263 g/mol. The number of nitrogens with zero attached hydrogens (tertiary/aromatic N) is 2. The van der Waals surface area contributed by atoms with Crippen LogP contribution < -0.4 is 5.73 Å². The van der Waals surface area contributed by atoms with Gasteiger partial charge in [-0.2, -0.15) is 0 Å². The van der Waals surface area contributed by atoms with E-state index in [2.05, 4.69) is 62.0 Å². The summed E-state index contributed by atoms with van der Waals surface area (Å²) in [6.45, 7) is 8.28. The van der Waals surface area contributed by atoms with E-state index < -0.39 is 0 Å². The Morgan fingerprint density at radius 3 is 2.42 bits per heavy atom. The number of aryl methyl sites for hydroxylation is 1. The monoisotopic (exact) mass is 263 g/mol. The standard InChI is InChI=1S/C16H29N3/c1-5-9-19(11-10-18(3)4)16(13-17)15-8-6-7-14(2)12-15/h6-8,12,16H,5,9-11,13,17H2,1-4H3. The number of nitrogens with two attached hydrogens (primary N) is 1. The summed E-state index contributed by atoms with van der Waals surface area (Å²) in [6.07, 6.45) is 1.16. The Hall–Kier alpha value is -0.900. The van der Waals surface area contributed by atoms with E-state index in [4.69, 9.17) is 5.73 Å². The average Bonchev–Trinajstić information content (AvgIpc) is 2.37. The van der Waals surface area contributed by atoms with Crippen LogP contribution in [0.3, 0.4) is 0 Å². The van der Waals surface area contributed by atoms with Crippen molar-refractivity contribution in [2.45, 2.75) is 26.3 Å². The maximum Gasteiger partial charge on any atom is 0.0471 e. The van der Waals surface area contributed by atoms with Gasteiger partial charge < -0.3 is 10.6 Å². The van der Waals surface area contributed by atoms with Gasteiger partial charge in [-0.15, -0.1) is 0 Å². The second kappa shape index (κ2) is 8.31. The zero-order valence-electron chi connectivity index (χ0n) is 12.9. The van der Waals surface area contributed by atoms with E-state index in [-0.39, 0.29) is 0 Å². The summed E-state index contributed by atoms with van der Waals surface area (Å²) in [5, 5.41) is 0. The van der Waals surface area contributed by atoms with E-state index in [0.29, 0.717) is 12.6 Å². The van der Waals surface area contributed by atoms with E-state index in [0.717, 1.165) is 26.1 Å². The van der Waals surface area contributed by atoms with Gasteiger partial charge in [0.25, 0.3) is 0 Å². The van der Waals surface area contributed by atoms with Gasteiger partial charge in [0, 0.05) is 25.7 Å². The fourth-order valence-electron chi connectivity index (χ4n) is 2.41. The molecule has 108 valence electrons. The van der Waals surface area contributed by atoms with Crippen molar-refractivity contribution >= 4 is 0 Å². The molecule has 1 aromatic rings. The summed E-state index contributed by atoms with van der Waals surface area (Å²) in [7, 11) is 4.24. The molecule has 3 heteroatoms. The second-order valence-corrected chi connectivity index (χ2v) is 5.50. The molecule has 1 aromatic carbocycles. The molecule has 0 heterocycles. The molecule has 0 saturated carbocycles. The van der Waals surface area contributed by atoms with E-state index in [1.54, 1.807) is 0 Å². The molecule has 2 N–H and O–H groups in total. The zero-order valence-corrected chi connectivity index (χ0v) is 12.9. The van der Waals surface area contributed by atoms with Crippen molar-refractivity contribution in [2.75, 3.05) is 40.3 Å². The molecule has 1 rings (SSSR count). The van der Waals surface area contributed by atoms with Crippen LogP contribution in [0.2, 0.25) is 0 Å². The van der Waals surface area contributed by atoms with Crippen molar-refractivity contribution in [1.29, 1.82) is 0 Å². The van der Waals surface area contributed by atoms with E-state index in [1.807, 2.05) is 0 Å². The van der Waals surface area contributed by atoms with Gasteiger partial charge in [-0.3, -0.25) is 4.90 Å². The molecular weight excluding hydrogens is 234 g/mol. The van der Waals surface area contributed by atoms with Crippen LogP contribution in [-0.4, -0.2) is 50.1 Å². The van der Waals surface area contributed by atoms with Crippen LogP contribution >= 0.6 is 0 Å². The highest BCUT2D eigenvalue weighted by atomic mass is 15.2. The lowest BCUT2D eigenvalue weighted by molar-refractivity contribution is 0.182. The van der Waals surface area contributed by atoms with Crippen molar-refractivity contribution in [3.8, 4) is 0 Å². The fourth-order valence-corrected chi connectivity index (χ4v) is 2.41. The molecule has 19 heavy (non-hydrogen) atoms. The highest BCUT2D eigenvalue weighted by molar-refractivity contribution is 5.25. The normalized spacial score (nSPS) is 13.2. The summed E-state index contributed by atoms with van der Waals surface area (Å²) in [5.41, 5.74) is 8.69. The predicted octanol–water partition coefficient (Wildman–Crippen LogP) is 2.27. The van der Waals surface area contributed by atoms with Crippen LogP contribution in [0.1, 0.15) is 30.5 Å². The molecule has 1 unspecified atom stereocenters. The third kappa shape index (κ3) is 5.31. The molecule has 0 saturated heterocycles. The lowest BCUT2D eigenvalue weighted by Crippen LogP contribution is -2.38. The molecule has 0 amide bonds. The molecule has 0 radical (unpaired) electrons. The lowest BCUT2D eigenvalue weighted by atomic mass is 10.0. The molecule has 1 atom stereocenters. The van der Waals surface area contributed by atoms with Crippen LogP contribution in [0.4, 0.5) is 0 Å².